The first-order valence-electron chi connectivity index (χ1n) is 11.1. The van der Waals surface area contributed by atoms with Crippen LogP contribution in [0.15, 0.2) is 115 Å². The van der Waals surface area contributed by atoms with E-state index in [1.807, 2.05) is 0 Å². The first kappa shape index (κ1) is 20.2. The Hall–Kier alpha value is -3.12. The molecule has 0 bridgehead atoms. The monoisotopic (exact) mass is 390 g/mol. The Morgan fingerprint density at radius 2 is 0.800 bits per heavy atom. The minimum atomic E-state index is -0.351. The van der Waals surface area contributed by atoms with Crippen LogP contribution in [0.25, 0.3) is 0 Å². The molecule has 0 spiro atoms. The summed E-state index contributed by atoms with van der Waals surface area (Å²) in [5.41, 5.74) is 6.26. The van der Waals surface area contributed by atoms with Crippen molar-refractivity contribution in [2.24, 2.45) is 0 Å². The highest BCUT2D eigenvalue weighted by Crippen LogP contribution is 2.45. The second kappa shape index (κ2) is 9.13. The van der Waals surface area contributed by atoms with Gasteiger partial charge in [0.05, 0.1) is 5.41 Å². The van der Waals surface area contributed by atoms with Gasteiger partial charge >= 0.3 is 0 Å². The summed E-state index contributed by atoms with van der Waals surface area (Å²) in [6, 6.07) is 42.1. The molecule has 4 aromatic carbocycles. The Morgan fingerprint density at radius 1 is 0.467 bits per heavy atom. The molecule has 0 aliphatic rings. The van der Waals surface area contributed by atoms with Crippen molar-refractivity contribution in [3.63, 3.8) is 0 Å². The molecule has 0 nitrogen and oxygen atoms in total. The van der Waals surface area contributed by atoms with E-state index in [-0.39, 0.29) is 5.41 Å². The van der Waals surface area contributed by atoms with Crippen molar-refractivity contribution in [1.29, 1.82) is 0 Å². The third-order valence-electron chi connectivity index (χ3n) is 6.42. The minimum Gasteiger partial charge on any atom is -0.0648 e. The Kier molecular flexibility index (Phi) is 6.14. The van der Waals surface area contributed by atoms with E-state index >= 15 is 0 Å². The van der Waals surface area contributed by atoms with Gasteiger partial charge in [-0.15, -0.1) is 0 Å². The maximum atomic E-state index is 2.35. The van der Waals surface area contributed by atoms with Gasteiger partial charge in [-0.25, -0.2) is 0 Å². The van der Waals surface area contributed by atoms with Gasteiger partial charge in [0.1, 0.15) is 0 Å². The van der Waals surface area contributed by atoms with Gasteiger partial charge < -0.3 is 0 Å². The van der Waals surface area contributed by atoms with Crippen LogP contribution in [-0.4, -0.2) is 0 Å². The molecule has 4 rings (SSSR count). The van der Waals surface area contributed by atoms with Gasteiger partial charge in [-0.05, 0) is 46.6 Å². The summed E-state index contributed by atoms with van der Waals surface area (Å²) < 4.78 is 0. The van der Waals surface area contributed by atoms with Gasteiger partial charge in [-0.1, -0.05) is 129 Å². The SMILES string of the molecule is CCC(CC)c1ccc(C(c2ccccc2)(c2ccccc2)c2ccccc2)cc1. The van der Waals surface area contributed by atoms with Gasteiger partial charge in [0, 0.05) is 0 Å². The fourth-order valence-corrected chi connectivity index (χ4v) is 4.83. The Morgan fingerprint density at radius 3 is 1.13 bits per heavy atom. The third kappa shape index (κ3) is 3.59. The lowest BCUT2D eigenvalue weighted by molar-refractivity contribution is 0.640. The molecule has 0 atom stereocenters. The molecule has 0 heteroatoms. The highest BCUT2D eigenvalue weighted by Gasteiger charge is 2.38. The molecule has 0 fully saturated rings. The van der Waals surface area contributed by atoms with Crippen molar-refractivity contribution >= 4 is 0 Å². The van der Waals surface area contributed by atoms with E-state index in [9.17, 15) is 0 Å². The van der Waals surface area contributed by atoms with Crippen LogP contribution in [0, 0.1) is 0 Å². The van der Waals surface area contributed by atoms with Gasteiger partial charge in [0.2, 0.25) is 0 Å². The highest BCUT2D eigenvalue weighted by molar-refractivity contribution is 5.59. The highest BCUT2D eigenvalue weighted by atomic mass is 14.4. The van der Waals surface area contributed by atoms with E-state index < -0.39 is 0 Å². The summed E-state index contributed by atoms with van der Waals surface area (Å²) in [5, 5.41) is 0. The van der Waals surface area contributed by atoms with Crippen molar-refractivity contribution in [2.75, 3.05) is 0 Å². The first-order valence-corrected chi connectivity index (χ1v) is 11.1. The third-order valence-corrected chi connectivity index (χ3v) is 6.42. The zero-order valence-electron chi connectivity index (χ0n) is 18.0. The average Bonchev–Trinajstić information content (AvgIpc) is 2.83. The molecule has 0 heterocycles. The maximum Gasteiger partial charge on any atom is 0.0701 e. The van der Waals surface area contributed by atoms with Gasteiger partial charge in [0.15, 0.2) is 0 Å². The molecule has 0 saturated carbocycles. The van der Waals surface area contributed by atoms with Crippen molar-refractivity contribution in [1.82, 2.24) is 0 Å². The predicted octanol–water partition coefficient (Wildman–Crippen LogP) is 7.97. The standard InChI is InChI=1S/C30H30/c1-3-24(4-2)25-20-22-29(23-21-25)30(26-14-8-5-9-15-26,27-16-10-6-11-17-27)28-18-12-7-13-19-28/h5-24H,3-4H2,1-2H3. The second-order valence-electron chi connectivity index (χ2n) is 7.98. The van der Waals surface area contributed by atoms with Crippen molar-refractivity contribution in [2.45, 2.75) is 38.0 Å². The normalized spacial score (nSPS) is 11.6. The zero-order chi connectivity index (χ0) is 20.8. The van der Waals surface area contributed by atoms with Crippen LogP contribution < -0.4 is 0 Å². The molecule has 150 valence electrons. The molecule has 0 amide bonds. The van der Waals surface area contributed by atoms with Crippen molar-refractivity contribution in [3.8, 4) is 0 Å². The van der Waals surface area contributed by atoms with Gasteiger partial charge in [-0.2, -0.15) is 0 Å². The second-order valence-corrected chi connectivity index (χ2v) is 7.98. The average molecular weight is 391 g/mol. The number of hydrogen-bond acceptors (Lipinski definition) is 0. The summed E-state index contributed by atoms with van der Waals surface area (Å²) >= 11 is 0. The smallest absolute Gasteiger partial charge is 0.0648 e. The van der Waals surface area contributed by atoms with E-state index in [0.29, 0.717) is 5.92 Å². The molecule has 0 radical (unpaired) electrons. The predicted molar refractivity (Wildman–Crippen MR) is 128 cm³/mol. The topological polar surface area (TPSA) is 0 Å². The molecule has 0 saturated heterocycles. The lowest BCUT2D eigenvalue weighted by Gasteiger charge is -2.37. The van der Waals surface area contributed by atoms with Crippen molar-refractivity contribution in [3.05, 3.63) is 143 Å². The van der Waals surface area contributed by atoms with Gasteiger partial charge in [-0.3, -0.25) is 0 Å². The Balaban J connectivity index is 2.01. The summed E-state index contributed by atoms with van der Waals surface area (Å²) in [7, 11) is 0. The van der Waals surface area contributed by atoms with E-state index in [0.717, 1.165) is 0 Å². The zero-order valence-corrected chi connectivity index (χ0v) is 18.0. The number of benzene rings is 4. The number of rotatable bonds is 7. The summed E-state index contributed by atoms with van der Waals surface area (Å²) in [4.78, 5) is 0. The molecule has 0 aliphatic carbocycles. The minimum absolute atomic E-state index is 0.351. The molecule has 0 aromatic heterocycles. The van der Waals surface area contributed by atoms with E-state index in [4.69, 9.17) is 0 Å². The lowest BCUT2D eigenvalue weighted by atomic mass is 9.65. The van der Waals surface area contributed by atoms with Crippen LogP contribution in [0.3, 0.4) is 0 Å². The van der Waals surface area contributed by atoms with Crippen LogP contribution >= 0.6 is 0 Å². The first-order chi connectivity index (χ1) is 14.8. The van der Waals surface area contributed by atoms with E-state index in [1.165, 1.54) is 40.7 Å². The van der Waals surface area contributed by atoms with Crippen molar-refractivity contribution < 1.29 is 0 Å². The quantitative estimate of drug-likeness (QED) is 0.281. The maximum absolute atomic E-state index is 2.35. The summed E-state index contributed by atoms with van der Waals surface area (Å²) in [5.74, 6) is 0.624. The Labute approximate surface area is 181 Å². The number of hydrogen-bond donors (Lipinski definition) is 0. The van der Waals surface area contributed by atoms with Crippen LogP contribution in [0.1, 0.15) is 60.4 Å². The fourth-order valence-electron chi connectivity index (χ4n) is 4.83. The van der Waals surface area contributed by atoms with Crippen LogP contribution in [0.4, 0.5) is 0 Å². The largest absolute Gasteiger partial charge is 0.0701 e. The van der Waals surface area contributed by atoms with Gasteiger partial charge in [0.25, 0.3) is 0 Å². The lowest BCUT2D eigenvalue weighted by Crippen LogP contribution is -2.31. The molecule has 0 N–H and O–H groups in total. The Bertz CT molecular complexity index is 931. The molecule has 0 unspecified atom stereocenters. The molecule has 30 heavy (non-hydrogen) atoms. The van der Waals surface area contributed by atoms with Crippen LogP contribution in [0.5, 0.6) is 0 Å². The molecule has 4 aromatic rings. The molecular formula is C30H30. The molecular weight excluding hydrogens is 360 g/mol. The van der Waals surface area contributed by atoms with E-state index in [2.05, 4.69) is 129 Å². The van der Waals surface area contributed by atoms with Crippen LogP contribution in [-0.2, 0) is 5.41 Å². The molecule has 0 aliphatic heterocycles. The summed E-state index contributed by atoms with van der Waals surface area (Å²) in [6.45, 7) is 4.56. The van der Waals surface area contributed by atoms with Crippen LogP contribution in [0.2, 0.25) is 0 Å². The summed E-state index contributed by atoms with van der Waals surface area (Å²) in [6.07, 6.45) is 2.36. The fraction of sp³-hybridized carbons (Fsp3) is 0.200. The van der Waals surface area contributed by atoms with E-state index in [1.54, 1.807) is 0 Å².